The number of sulfonamides is 1. The Balaban J connectivity index is 1.67. The smallest absolute Gasteiger partial charge is 0.261 e. The van der Waals surface area contributed by atoms with Crippen LogP contribution in [0.5, 0.6) is 0 Å². The number of hydrogen-bond donors (Lipinski definition) is 2. The van der Waals surface area contributed by atoms with E-state index in [1.165, 1.54) is 49.6 Å². The highest BCUT2D eigenvalue weighted by molar-refractivity contribution is 7.92. The fraction of sp³-hybridized carbons (Fsp3) is 0.100. The van der Waals surface area contributed by atoms with Crippen LogP contribution in [0.25, 0.3) is 0 Å². The molecule has 1 amide bonds. The number of nitrogens with one attached hydrogen (secondary N) is 2. The van der Waals surface area contributed by atoms with Crippen molar-refractivity contribution >= 4 is 27.4 Å². The third kappa shape index (κ3) is 4.66. The first-order valence-corrected chi connectivity index (χ1v) is 9.88. The Bertz CT molecular complexity index is 1070. The number of carbonyl (C=O) groups excluding carboxylic acids is 2. The number of rotatable bonds is 7. The van der Waals surface area contributed by atoms with E-state index >= 15 is 0 Å². The van der Waals surface area contributed by atoms with E-state index < -0.39 is 10.0 Å². The highest BCUT2D eigenvalue weighted by atomic mass is 32.2. The van der Waals surface area contributed by atoms with Gasteiger partial charge in [0, 0.05) is 16.8 Å². The fourth-order valence-electron chi connectivity index (χ4n) is 2.46. The number of hydrogen-bond acceptors (Lipinski definition) is 5. The molecule has 0 saturated carbocycles. The van der Waals surface area contributed by atoms with Gasteiger partial charge in [0.1, 0.15) is 5.76 Å². The molecule has 0 aliphatic rings. The molecule has 144 valence electrons. The Morgan fingerprint density at radius 2 is 1.57 bits per heavy atom. The van der Waals surface area contributed by atoms with Gasteiger partial charge in [-0.15, -0.1) is 0 Å². The summed E-state index contributed by atoms with van der Waals surface area (Å²) in [6.07, 6.45) is 1.52. The van der Waals surface area contributed by atoms with Crippen molar-refractivity contribution in [2.24, 2.45) is 0 Å². The third-order valence-corrected chi connectivity index (χ3v) is 5.37. The normalized spacial score (nSPS) is 11.0. The molecule has 0 aliphatic heterocycles. The maximum absolute atomic E-state index is 12.5. The molecule has 0 bridgehead atoms. The maximum Gasteiger partial charge on any atom is 0.261 e. The molecule has 0 spiro atoms. The predicted molar refractivity (Wildman–Crippen MR) is 104 cm³/mol. The van der Waals surface area contributed by atoms with Gasteiger partial charge in [-0.2, -0.15) is 0 Å². The average Bonchev–Trinajstić information content (AvgIpc) is 3.20. The van der Waals surface area contributed by atoms with Gasteiger partial charge in [0.25, 0.3) is 15.9 Å². The third-order valence-electron chi connectivity index (χ3n) is 3.97. The minimum Gasteiger partial charge on any atom is -0.467 e. The van der Waals surface area contributed by atoms with Crippen molar-refractivity contribution in [1.29, 1.82) is 0 Å². The quantitative estimate of drug-likeness (QED) is 0.595. The molecule has 3 aromatic rings. The second-order valence-corrected chi connectivity index (χ2v) is 7.71. The first kappa shape index (κ1) is 19.4. The molecule has 0 radical (unpaired) electrons. The van der Waals surface area contributed by atoms with Crippen LogP contribution in [0.3, 0.4) is 0 Å². The summed E-state index contributed by atoms with van der Waals surface area (Å²) >= 11 is 0. The Kier molecular flexibility index (Phi) is 5.60. The molecule has 0 saturated heterocycles. The first-order chi connectivity index (χ1) is 13.3. The molecule has 0 aliphatic carbocycles. The number of furan rings is 1. The molecule has 2 aromatic carbocycles. The van der Waals surface area contributed by atoms with Gasteiger partial charge in [-0.25, -0.2) is 8.42 Å². The molecule has 1 heterocycles. The Labute approximate surface area is 162 Å². The first-order valence-electron chi connectivity index (χ1n) is 8.39. The number of benzene rings is 2. The second-order valence-electron chi connectivity index (χ2n) is 6.03. The van der Waals surface area contributed by atoms with Gasteiger partial charge in [0.15, 0.2) is 5.78 Å². The summed E-state index contributed by atoms with van der Waals surface area (Å²) in [5, 5.41) is 2.69. The van der Waals surface area contributed by atoms with Crippen LogP contribution >= 0.6 is 0 Å². The van der Waals surface area contributed by atoms with Crippen molar-refractivity contribution in [2.75, 3.05) is 4.72 Å². The van der Waals surface area contributed by atoms with Crippen molar-refractivity contribution in [3.63, 3.8) is 0 Å². The van der Waals surface area contributed by atoms with Crippen LogP contribution in [0, 0.1) is 0 Å². The van der Waals surface area contributed by atoms with E-state index in [1.807, 2.05) is 0 Å². The largest absolute Gasteiger partial charge is 0.467 e. The molecule has 0 fully saturated rings. The number of Topliss-reactive ketones (excluding diaryl/α,β-unsaturated/α-hetero) is 1. The van der Waals surface area contributed by atoms with Gasteiger partial charge in [-0.05, 0) is 67.6 Å². The molecule has 2 N–H and O–H groups in total. The summed E-state index contributed by atoms with van der Waals surface area (Å²) in [5.41, 5.74) is 1.16. The molecular formula is C20H18N2O5S. The zero-order valence-electron chi connectivity index (χ0n) is 15.0. The zero-order chi connectivity index (χ0) is 20.1. The van der Waals surface area contributed by atoms with Crippen molar-refractivity contribution in [3.05, 3.63) is 83.8 Å². The van der Waals surface area contributed by atoms with Crippen LogP contribution in [0.15, 0.2) is 76.2 Å². The number of carbonyl (C=O) groups is 2. The number of anilines is 1. The lowest BCUT2D eigenvalue weighted by Crippen LogP contribution is -2.22. The zero-order valence-corrected chi connectivity index (χ0v) is 15.8. The van der Waals surface area contributed by atoms with E-state index in [-0.39, 0.29) is 23.1 Å². The van der Waals surface area contributed by atoms with Gasteiger partial charge in [0.05, 0.1) is 17.7 Å². The average molecular weight is 398 g/mol. The van der Waals surface area contributed by atoms with Crippen LogP contribution in [0.4, 0.5) is 5.69 Å². The maximum atomic E-state index is 12.5. The van der Waals surface area contributed by atoms with Crippen LogP contribution in [0.1, 0.15) is 33.4 Å². The monoisotopic (exact) mass is 398 g/mol. The van der Waals surface area contributed by atoms with Gasteiger partial charge in [-0.3, -0.25) is 14.3 Å². The van der Waals surface area contributed by atoms with Crippen LogP contribution in [0.2, 0.25) is 0 Å². The molecular weight excluding hydrogens is 380 g/mol. The summed E-state index contributed by atoms with van der Waals surface area (Å²) in [4.78, 5) is 23.4. The standard InChI is InChI=1S/C20H18N2O5S/c1-14(23)15-4-8-17(9-5-15)22-28(25,26)19-10-6-16(7-11-19)20(24)21-13-18-3-2-12-27-18/h2-12,22H,13H2,1H3,(H,21,24). The summed E-state index contributed by atoms with van der Waals surface area (Å²) in [6.45, 7) is 1.68. The summed E-state index contributed by atoms with van der Waals surface area (Å²) in [5.74, 6) is 0.177. The molecule has 28 heavy (non-hydrogen) atoms. The highest BCUT2D eigenvalue weighted by Crippen LogP contribution is 2.17. The summed E-state index contributed by atoms with van der Waals surface area (Å²) in [6, 6.07) is 15.2. The van der Waals surface area contributed by atoms with E-state index in [1.54, 1.807) is 24.3 Å². The van der Waals surface area contributed by atoms with Crippen LogP contribution < -0.4 is 10.0 Å². The molecule has 0 atom stereocenters. The lowest BCUT2D eigenvalue weighted by atomic mass is 10.1. The Hall–Kier alpha value is -3.39. The van der Waals surface area contributed by atoms with Crippen molar-refractivity contribution in [1.82, 2.24) is 5.32 Å². The molecule has 7 nitrogen and oxygen atoms in total. The van der Waals surface area contributed by atoms with Crippen molar-refractivity contribution < 1.29 is 22.4 Å². The molecule has 8 heteroatoms. The van der Waals surface area contributed by atoms with E-state index in [0.29, 0.717) is 22.6 Å². The predicted octanol–water partition coefficient (Wildman–Crippen LogP) is 3.21. The number of amides is 1. The molecule has 0 unspecified atom stereocenters. The van der Waals surface area contributed by atoms with Crippen LogP contribution in [-0.2, 0) is 16.6 Å². The van der Waals surface area contributed by atoms with Crippen molar-refractivity contribution in [3.8, 4) is 0 Å². The minimum atomic E-state index is -3.82. The van der Waals surface area contributed by atoms with E-state index in [4.69, 9.17) is 4.42 Å². The SMILES string of the molecule is CC(=O)c1ccc(NS(=O)(=O)c2ccc(C(=O)NCc3ccco3)cc2)cc1. The fourth-order valence-corrected chi connectivity index (χ4v) is 3.51. The highest BCUT2D eigenvalue weighted by Gasteiger charge is 2.15. The Morgan fingerprint density at radius 3 is 2.14 bits per heavy atom. The van der Waals surface area contributed by atoms with Gasteiger partial charge >= 0.3 is 0 Å². The van der Waals surface area contributed by atoms with E-state index in [0.717, 1.165) is 0 Å². The Morgan fingerprint density at radius 1 is 0.929 bits per heavy atom. The summed E-state index contributed by atoms with van der Waals surface area (Å²) in [7, 11) is -3.82. The van der Waals surface area contributed by atoms with Gasteiger partial charge in [0.2, 0.25) is 0 Å². The lowest BCUT2D eigenvalue weighted by molar-refractivity contribution is 0.0947. The minimum absolute atomic E-state index is 0.0192. The molecule has 3 rings (SSSR count). The molecule has 1 aromatic heterocycles. The number of ketones is 1. The second kappa shape index (κ2) is 8.10. The van der Waals surface area contributed by atoms with Gasteiger partial charge in [-0.1, -0.05) is 0 Å². The lowest BCUT2D eigenvalue weighted by Gasteiger charge is -2.09. The van der Waals surface area contributed by atoms with Crippen molar-refractivity contribution in [2.45, 2.75) is 18.4 Å². The van der Waals surface area contributed by atoms with E-state index in [2.05, 4.69) is 10.0 Å². The van der Waals surface area contributed by atoms with Crippen LogP contribution in [-0.4, -0.2) is 20.1 Å². The van der Waals surface area contributed by atoms with Gasteiger partial charge < -0.3 is 9.73 Å². The summed E-state index contributed by atoms with van der Waals surface area (Å²) < 4.78 is 32.6. The topological polar surface area (TPSA) is 105 Å². The van der Waals surface area contributed by atoms with E-state index in [9.17, 15) is 18.0 Å².